The Hall–Kier alpha value is -1.71. The van der Waals surface area contributed by atoms with Gasteiger partial charge in [-0.25, -0.2) is 0 Å². The minimum atomic E-state index is -1.26. The van der Waals surface area contributed by atoms with Crippen LogP contribution in [-0.2, 0) is 28.8 Å². The van der Waals surface area contributed by atoms with Crippen LogP contribution in [0.15, 0.2) is 0 Å². The molecule has 0 aliphatic carbocycles. The summed E-state index contributed by atoms with van der Waals surface area (Å²) in [5.74, 6) is -7.94. The van der Waals surface area contributed by atoms with Crippen LogP contribution in [0.4, 0.5) is 0 Å². The maximum Gasteiger partial charge on any atom is 3.00 e. The third kappa shape index (κ3) is 16.0. The Morgan fingerprint density at radius 1 is 0.471 bits per heavy atom. The number of aliphatic carboxylic acids is 3. The van der Waals surface area contributed by atoms with Crippen molar-refractivity contribution < 1.29 is 44.1 Å². The molecular weight excluding hydrogens is 547 g/mol. The van der Waals surface area contributed by atoms with E-state index < -0.39 is 35.7 Å². The molecule has 0 spiro atoms. The Balaban J connectivity index is -0.000000196. The summed E-state index contributed by atoms with van der Waals surface area (Å²) in [4.78, 5) is 64.3. The Morgan fingerprint density at radius 3 is 0.647 bits per heavy atom. The predicted molar refractivity (Wildman–Crippen MR) is 122 cm³/mol. The molecule has 0 fully saturated rings. The SMILES string of the molecule is CCC(C(=O)[O-])C(=O)C(C)C.CCC(C(=O)[O-])C(=O)C(C)C.CCC(C(=O)[O-])C(=O)C(C)C.[In+3]. The van der Waals surface area contributed by atoms with Crippen molar-refractivity contribution in [2.24, 2.45) is 35.5 Å². The smallest absolute Gasteiger partial charge is 0.549 e. The van der Waals surface area contributed by atoms with Crippen LogP contribution in [0.1, 0.15) is 81.6 Å². The minimum Gasteiger partial charge on any atom is -0.549 e. The van der Waals surface area contributed by atoms with E-state index in [-0.39, 0.29) is 60.9 Å². The van der Waals surface area contributed by atoms with Crippen LogP contribution in [0.25, 0.3) is 0 Å². The molecule has 3 unspecified atom stereocenters. The zero-order valence-corrected chi connectivity index (χ0v) is 25.1. The maximum atomic E-state index is 11.1. The van der Waals surface area contributed by atoms with Crippen LogP contribution < -0.4 is 15.3 Å². The summed E-state index contributed by atoms with van der Waals surface area (Å²) >= 11 is 0. The van der Waals surface area contributed by atoms with Crippen LogP contribution >= 0.6 is 0 Å². The molecule has 0 amide bonds. The molecule has 0 N–H and O–H groups in total. The first-order valence-corrected chi connectivity index (χ1v) is 11.2. The standard InChI is InChI=1S/3C8H14O3.In/c3*1-4-6(8(10)11)7(9)5(2)3;/h3*5-6H,4H2,1-3H3,(H,10,11);/q;;;+3/p-3. The first-order chi connectivity index (χ1) is 15.0. The molecule has 34 heavy (non-hydrogen) atoms. The fourth-order valence-electron chi connectivity index (χ4n) is 2.66. The molecule has 0 aliphatic rings. The van der Waals surface area contributed by atoms with Gasteiger partial charge in [0, 0.05) is 17.8 Å². The van der Waals surface area contributed by atoms with E-state index in [0.717, 1.165) is 0 Å². The van der Waals surface area contributed by atoms with Crippen molar-refractivity contribution in [2.45, 2.75) is 81.6 Å². The van der Waals surface area contributed by atoms with Gasteiger partial charge >= 0.3 is 25.8 Å². The molecule has 0 rings (SSSR count). The van der Waals surface area contributed by atoms with E-state index in [4.69, 9.17) is 0 Å². The quantitative estimate of drug-likeness (QED) is 0.276. The average Bonchev–Trinajstić information content (AvgIpc) is 2.69. The van der Waals surface area contributed by atoms with Gasteiger partial charge in [-0.05, 0) is 19.3 Å². The third-order valence-corrected chi connectivity index (χ3v) is 4.82. The predicted octanol–water partition coefficient (Wildman–Crippen LogP) is -0.418. The molecule has 0 aromatic heterocycles. The summed E-state index contributed by atoms with van der Waals surface area (Å²) in [5, 5.41) is 31.0. The first-order valence-electron chi connectivity index (χ1n) is 11.2. The molecule has 0 saturated carbocycles. The number of carbonyl (C=O) groups excluding carboxylic acids is 6. The molecule has 0 aliphatic heterocycles. The summed E-state index contributed by atoms with van der Waals surface area (Å²) in [7, 11) is 0. The van der Waals surface area contributed by atoms with Gasteiger partial charge in [0.2, 0.25) is 0 Å². The van der Waals surface area contributed by atoms with Gasteiger partial charge in [-0.3, -0.25) is 14.4 Å². The van der Waals surface area contributed by atoms with E-state index in [9.17, 15) is 44.1 Å². The number of hydrogen-bond acceptors (Lipinski definition) is 9. The van der Waals surface area contributed by atoms with Gasteiger partial charge in [-0.15, -0.1) is 0 Å². The number of hydrogen-bond donors (Lipinski definition) is 0. The fourth-order valence-corrected chi connectivity index (χ4v) is 2.66. The second kappa shape index (κ2) is 20.6. The summed E-state index contributed by atoms with van der Waals surface area (Å²) in [5.41, 5.74) is 0. The summed E-state index contributed by atoms with van der Waals surface area (Å²) in [6.45, 7) is 15.1. The average molecular weight is 586 g/mol. The molecular formula is C24H39InO9. The van der Waals surface area contributed by atoms with E-state index in [1.807, 2.05) is 0 Å². The molecule has 0 aromatic carbocycles. The van der Waals surface area contributed by atoms with E-state index in [1.165, 1.54) is 0 Å². The van der Waals surface area contributed by atoms with Crippen molar-refractivity contribution in [3.05, 3.63) is 0 Å². The van der Waals surface area contributed by atoms with Crippen molar-refractivity contribution >= 4 is 61.1 Å². The topological polar surface area (TPSA) is 172 Å². The number of ketones is 3. The van der Waals surface area contributed by atoms with E-state index in [1.54, 1.807) is 62.3 Å². The molecule has 192 valence electrons. The first kappa shape index (κ1) is 39.5. The van der Waals surface area contributed by atoms with Crippen molar-refractivity contribution in [3.8, 4) is 0 Å². The summed E-state index contributed by atoms with van der Waals surface area (Å²) in [6, 6.07) is 0. The Morgan fingerprint density at radius 2 is 0.618 bits per heavy atom. The molecule has 3 atom stereocenters. The maximum absolute atomic E-state index is 11.1. The van der Waals surface area contributed by atoms with Crippen LogP contribution in [0.3, 0.4) is 0 Å². The summed E-state index contributed by atoms with van der Waals surface area (Å²) < 4.78 is 0. The van der Waals surface area contributed by atoms with Crippen LogP contribution in [-0.4, -0.2) is 61.1 Å². The molecule has 0 bridgehead atoms. The number of carboxylic acids is 3. The molecule has 0 aromatic rings. The fraction of sp³-hybridized carbons (Fsp3) is 0.750. The minimum absolute atomic E-state index is 0. The van der Waals surface area contributed by atoms with Gasteiger partial charge in [-0.2, -0.15) is 0 Å². The number of carbonyl (C=O) groups is 6. The van der Waals surface area contributed by atoms with Crippen molar-refractivity contribution in [1.29, 1.82) is 0 Å². The number of Topliss-reactive ketones (excluding diaryl/α,β-unsaturated/α-hetero) is 3. The molecule has 0 saturated heterocycles. The second-order valence-corrected chi connectivity index (χ2v) is 8.51. The second-order valence-electron chi connectivity index (χ2n) is 8.51. The number of carboxylic acid groups (broad SMARTS) is 3. The number of rotatable bonds is 12. The summed E-state index contributed by atoms with van der Waals surface area (Å²) in [6.07, 6.45) is 0.956. The van der Waals surface area contributed by atoms with Gasteiger partial charge in [0.05, 0.1) is 35.7 Å². The van der Waals surface area contributed by atoms with Crippen molar-refractivity contribution in [1.82, 2.24) is 0 Å². The normalized spacial score (nSPS) is 12.7. The van der Waals surface area contributed by atoms with E-state index >= 15 is 0 Å². The van der Waals surface area contributed by atoms with Gasteiger partial charge in [-0.1, -0.05) is 62.3 Å². The van der Waals surface area contributed by atoms with Crippen molar-refractivity contribution in [3.63, 3.8) is 0 Å². The van der Waals surface area contributed by atoms with Crippen LogP contribution in [0, 0.1) is 35.5 Å². The van der Waals surface area contributed by atoms with Gasteiger partial charge in [0.25, 0.3) is 0 Å². The molecule has 0 heterocycles. The van der Waals surface area contributed by atoms with E-state index in [2.05, 4.69) is 0 Å². The van der Waals surface area contributed by atoms with Gasteiger partial charge in [0.15, 0.2) is 0 Å². The Bertz CT molecular complexity index is 579. The van der Waals surface area contributed by atoms with E-state index in [0.29, 0.717) is 19.3 Å². The van der Waals surface area contributed by atoms with Crippen molar-refractivity contribution in [2.75, 3.05) is 0 Å². The van der Waals surface area contributed by atoms with Crippen LogP contribution in [0.5, 0.6) is 0 Å². The largest absolute Gasteiger partial charge is 3.00 e. The Kier molecular flexibility index (Phi) is 24.0. The zero-order valence-electron chi connectivity index (χ0n) is 21.8. The Labute approximate surface area is 221 Å². The monoisotopic (exact) mass is 586 g/mol. The van der Waals surface area contributed by atoms with Gasteiger partial charge in [0.1, 0.15) is 17.3 Å². The molecule has 0 radical (unpaired) electrons. The molecule has 10 heteroatoms. The third-order valence-electron chi connectivity index (χ3n) is 4.82. The molecule has 9 nitrogen and oxygen atoms in total. The van der Waals surface area contributed by atoms with Crippen LogP contribution in [0.2, 0.25) is 0 Å². The van der Waals surface area contributed by atoms with Gasteiger partial charge < -0.3 is 29.7 Å². The zero-order chi connectivity index (χ0) is 27.0.